The first kappa shape index (κ1) is 23.6. The van der Waals surface area contributed by atoms with E-state index in [-0.39, 0.29) is 0 Å². The van der Waals surface area contributed by atoms with Crippen LogP contribution in [0.15, 0.2) is 38.9 Å². The molecule has 3 nitrogen and oxygen atoms in total. The first-order valence-corrected chi connectivity index (χ1v) is 14.1. The van der Waals surface area contributed by atoms with Crippen molar-refractivity contribution in [2.45, 2.75) is 64.2 Å². The number of rotatable bonds is 2. The Morgan fingerprint density at radius 3 is 2.58 bits per heavy atom. The fraction of sp³-hybridized carbons (Fsp3) is 0.481. The average Bonchev–Trinajstić information content (AvgIpc) is 2.99. The second-order valence-corrected chi connectivity index (χ2v) is 11.7. The molecule has 1 amide bonds. The van der Waals surface area contributed by atoms with Crippen molar-refractivity contribution in [3.8, 4) is 0 Å². The highest BCUT2D eigenvalue weighted by molar-refractivity contribution is 9.10. The van der Waals surface area contributed by atoms with Gasteiger partial charge in [-0.3, -0.25) is 9.78 Å². The summed E-state index contributed by atoms with van der Waals surface area (Å²) in [6.07, 6.45) is 12.6. The van der Waals surface area contributed by atoms with Crippen molar-refractivity contribution < 1.29 is 4.79 Å². The van der Waals surface area contributed by atoms with Crippen molar-refractivity contribution in [2.75, 3.05) is 13.1 Å². The molecule has 1 aromatic heterocycles. The van der Waals surface area contributed by atoms with Crippen molar-refractivity contribution in [1.29, 1.82) is 0 Å². The number of carbonyl (C=O) groups is 1. The highest BCUT2D eigenvalue weighted by atomic mass is 79.9. The lowest BCUT2D eigenvalue weighted by Gasteiger charge is -2.32. The van der Waals surface area contributed by atoms with Gasteiger partial charge < -0.3 is 4.90 Å². The summed E-state index contributed by atoms with van der Waals surface area (Å²) in [6, 6.07) is 6.34. The minimum Gasteiger partial charge on any atom is -0.342 e. The number of halogens is 3. The van der Waals surface area contributed by atoms with Crippen molar-refractivity contribution in [3.05, 3.63) is 66.3 Å². The number of amides is 1. The van der Waals surface area contributed by atoms with Crippen molar-refractivity contribution >= 4 is 54.9 Å². The summed E-state index contributed by atoms with van der Waals surface area (Å²) in [5.74, 6) is 0.945. The van der Waals surface area contributed by atoms with Gasteiger partial charge in [-0.25, -0.2) is 0 Å². The Labute approximate surface area is 218 Å². The van der Waals surface area contributed by atoms with Crippen molar-refractivity contribution in [2.24, 2.45) is 5.92 Å². The smallest absolute Gasteiger partial charge is 0.222 e. The van der Waals surface area contributed by atoms with Gasteiger partial charge in [0.05, 0.1) is 10.7 Å². The zero-order valence-electron chi connectivity index (χ0n) is 18.8. The second kappa shape index (κ2) is 10.2. The maximum absolute atomic E-state index is 13.0. The number of likely N-dealkylation sites (tertiary alicyclic amines) is 1. The number of benzene rings is 1. The molecule has 3 aliphatic rings. The van der Waals surface area contributed by atoms with Crippen LogP contribution in [0.1, 0.15) is 73.8 Å². The van der Waals surface area contributed by atoms with Crippen LogP contribution in [0.2, 0.25) is 5.02 Å². The molecular weight excluding hydrogens is 564 g/mol. The minimum absolute atomic E-state index is 0.351. The molecule has 1 saturated heterocycles. The molecule has 2 aliphatic carbocycles. The van der Waals surface area contributed by atoms with Crippen LogP contribution in [0.4, 0.5) is 0 Å². The summed E-state index contributed by atoms with van der Waals surface area (Å²) < 4.78 is 2.00. The van der Waals surface area contributed by atoms with Gasteiger partial charge in [0.25, 0.3) is 0 Å². The number of hydrogen-bond acceptors (Lipinski definition) is 2. The number of pyridine rings is 1. The Hall–Kier alpha value is -1.17. The van der Waals surface area contributed by atoms with Gasteiger partial charge in [-0.15, -0.1) is 0 Å². The zero-order chi connectivity index (χ0) is 22.9. The molecule has 0 radical (unpaired) electrons. The van der Waals surface area contributed by atoms with Gasteiger partial charge in [-0.1, -0.05) is 42.5 Å². The average molecular weight is 593 g/mol. The van der Waals surface area contributed by atoms with Gasteiger partial charge >= 0.3 is 0 Å². The summed E-state index contributed by atoms with van der Waals surface area (Å²) in [5, 5.41) is 0.751. The quantitative estimate of drug-likeness (QED) is 0.357. The molecule has 33 heavy (non-hydrogen) atoms. The van der Waals surface area contributed by atoms with Crippen LogP contribution in [0.25, 0.3) is 5.57 Å². The Bertz CT molecular complexity index is 1100. The third-order valence-electron chi connectivity index (χ3n) is 7.54. The van der Waals surface area contributed by atoms with E-state index in [1.165, 1.54) is 59.9 Å². The first-order chi connectivity index (χ1) is 16.0. The van der Waals surface area contributed by atoms with Crippen LogP contribution in [0.5, 0.6) is 0 Å². The highest BCUT2D eigenvalue weighted by Gasteiger charge is 2.29. The molecule has 2 fully saturated rings. The van der Waals surface area contributed by atoms with Crippen LogP contribution in [-0.4, -0.2) is 28.9 Å². The predicted octanol–water partition coefficient (Wildman–Crippen LogP) is 7.75. The summed E-state index contributed by atoms with van der Waals surface area (Å²) in [7, 11) is 0. The van der Waals surface area contributed by atoms with Crippen molar-refractivity contribution in [1.82, 2.24) is 9.88 Å². The molecule has 0 atom stereocenters. The van der Waals surface area contributed by atoms with Crippen LogP contribution in [-0.2, 0) is 17.6 Å². The van der Waals surface area contributed by atoms with Crippen molar-refractivity contribution in [3.63, 3.8) is 0 Å². The first-order valence-electron chi connectivity index (χ1n) is 12.1. The van der Waals surface area contributed by atoms with Gasteiger partial charge in [0, 0.05) is 40.2 Å². The van der Waals surface area contributed by atoms with Gasteiger partial charge in [0.2, 0.25) is 5.91 Å². The van der Waals surface area contributed by atoms with Gasteiger partial charge in [0.1, 0.15) is 0 Å². The summed E-state index contributed by atoms with van der Waals surface area (Å²) >= 11 is 13.8. The number of fused-ring (bicyclic) bond motifs is 2. The van der Waals surface area contributed by atoms with E-state index in [0.717, 1.165) is 64.9 Å². The van der Waals surface area contributed by atoms with E-state index in [1.54, 1.807) is 0 Å². The molecule has 0 bridgehead atoms. The number of piperidine rings is 1. The molecule has 1 aliphatic heterocycles. The highest BCUT2D eigenvalue weighted by Crippen LogP contribution is 2.42. The van der Waals surface area contributed by atoms with Crippen LogP contribution in [0.3, 0.4) is 0 Å². The number of aryl methyl sites for hydroxylation is 1. The number of nitrogens with zero attached hydrogens (tertiary/aromatic N) is 2. The predicted molar refractivity (Wildman–Crippen MR) is 142 cm³/mol. The summed E-state index contributed by atoms with van der Waals surface area (Å²) in [4.78, 5) is 20.0. The van der Waals surface area contributed by atoms with E-state index in [4.69, 9.17) is 16.6 Å². The van der Waals surface area contributed by atoms with E-state index in [9.17, 15) is 4.79 Å². The van der Waals surface area contributed by atoms with E-state index < -0.39 is 0 Å². The Morgan fingerprint density at radius 1 is 1.06 bits per heavy atom. The van der Waals surface area contributed by atoms with E-state index >= 15 is 0 Å². The molecule has 1 saturated carbocycles. The molecule has 174 valence electrons. The summed E-state index contributed by atoms with van der Waals surface area (Å²) in [5.41, 5.74) is 7.50. The van der Waals surface area contributed by atoms with Gasteiger partial charge in [0.15, 0.2) is 0 Å². The second-order valence-electron chi connectivity index (χ2n) is 9.62. The van der Waals surface area contributed by atoms with E-state index in [0.29, 0.717) is 11.8 Å². The Balaban J connectivity index is 1.45. The molecule has 6 heteroatoms. The summed E-state index contributed by atoms with van der Waals surface area (Å²) in [6.45, 7) is 1.61. The molecule has 1 aromatic carbocycles. The monoisotopic (exact) mass is 590 g/mol. The zero-order valence-corrected chi connectivity index (χ0v) is 22.7. The number of hydrogen-bond donors (Lipinski definition) is 0. The van der Waals surface area contributed by atoms with E-state index in [2.05, 4.69) is 48.9 Å². The molecule has 0 N–H and O–H groups in total. The molecule has 2 aromatic rings. The Morgan fingerprint density at radius 2 is 1.82 bits per heavy atom. The standard InChI is InChI=1S/C27H29Br2ClN2O/c28-20-15-19-6-7-22-21(8-9-23(30)26(22)29)25(27(19)31-16-20)18-10-12-32(13-11-18)24(33)14-17-4-2-1-3-5-17/h8-9,15-17H,1-7,10-14H2. The molecule has 0 unspecified atom stereocenters. The topological polar surface area (TPSA) is 33.2 Å². The largest absolute Gasteiger partial charge is 0.342 e. The Kier molecular flexibility index (Phi) is 7.29. The molecular formula is C27H29Br2ClN2O. The third-order valence-corrected chi connectivity index (χ3v) is 9.42. The lowest BCUT2D eigenvalue weighted by atomic mass is 9.86. The maximum atomic E-state index is 13.0. The van der Waals surface area contributed by atoms with Crippen LogP contribution < -0.4 is 0 Å². The number of carbonyl (C=O) groups excluding carboxylic acids is 1. The molecule has 0 spiro atoms. The maximum Gasteiger partial charge on any atom is 0.222 e. The lowest BCUT2D eigenvalue weighted by molar-refractivity contribution is -0.132. The SMILES string of the molecule is O=C(CC1CCCCC1)N1CCC(=C2c3ccc(Cl)c(Br)c3CCc3cc(Br)cnc32)CC1. The number of aromatic nitrogens is 1. The fourth-order valence-electron chi connectivity index (χ4n) is 5.76. The lowest BCUT2D eigenvalue weighted by Crippen LogP contribution is -2.37. The van der Waals surface area contributed by atoms with E-state index in [1.807, 2.05) is 12.3 Å². The van der Waals surface area contributed by atoms with Gasteiger partial charge in [-0.2, -0.15) is 0 Å². The minimum atomic E-state index is 0.351. The molecule has 5 rings (SSSR count). The van der Waals surface area contributed by atoms with Crippen LogP contribution >= 0.6 is 43.5 Å². The van der Waals surface area contributed by atoms with Gasteiger partial charge in [-0.05, 0) is 105 Å². The molecule has 2 heterocycles. The van der Waals surface area contributed by atoms with Crippen LogP contribution in [0, 0.1) is 5.92 Å². The third kappa shape index (κ3) is 4.97. The fourth-order valence-corrected chi connectivity index (χ4v) is 6.86. The normalized spacial score (nSPS) is 19.2.